The van der Waals surface area contributed by atoms with E-state index in [-0.39, 0.29) is 6.23 Å². The van der Waals surface area contributed by atoms with E-state index in [1.807, 2.05) is 48.5 Å². The van der Waals surface area contributed by atoms with Crippen molar-refractivity contribution < 1.29 is 14.2 Å². The van der Waals surface area contributed by atoms with Crippen LogP contribution >= 0.6 is 0 Å². The Morgan fingerprint density at radius 2 is 1.48 bits per heavy atom. The van der Waals surface area contributed by atoms with Gasteiger partial charge in [0.25, 0.3) is 0 Å². The van der Waals surface area contributed by atoms with Gasteiger partial charge in [0.05, 0.1) is 13.2 Å². The molecule has 150 valence electrons. The van der Waals surface area contributed by atoms with Crippen LogP contribution < -0.4 is 19.5 Å². The lowest BCUT2D eigenvalue weighted by molar-refractivity contribution is 0.236. The Bertz CT molecular complexity index is 953. The van der Waals surface area contributed by atoms with Gasteiger partial charge < -0.3 is 19.5 Å². The summed E-state index contributed by atoms with van der Waals surface area (Å²) in [5.74, 6) is 2.51. The summed E-state index contributed by atoms with van der Waals surface area (Å²) in [5, 5.41) is 3.54. The number of ether oxygens (including phenoxy) is 3. The van der Waals surface area contributed by atoms with Crippen LogP contribution in [0, 0.1) is 0 Å². The molecule has 0 radical (unpaired) electrons. The fourth-order valence-electron chi connectivity index (χ4n) is 3.38. The van der Waals surface area contributed by atoms with Gasteiger partial charge in [-0.3, -0.25) is 0 Å². The van der Waals surface area contributed by atoms with Crippen molar-refractivity contribution in [3.63, 3.8) is 0 Å². The van der Waals surface area contributed by atoms with Crippen LogP contribution in [-0.2, 0) is 0 Å². The average Bonchev–Trinajstić information content (AvgIpc) is 2.93. The number of hydrogen-bond acceptors (Lipinski definition) is 4. The molecule has 0 bridgehead atoms. The molecule has 1 atom stereocenters. The molecule has 0 saturated heterocycles. The molecule has 4 rings (SSSR count). The summed E-state index contributed by atoms with van der Waals surface area (Å²) < 4.78 is 18.0. The van der Waals surface area contributed by atoms with Gasteiger partial charge in [0, 0.05) is 28.4 Å². The van der Waals surface area contributed by atoms with E-state index >= 15 is 0 Å². The van der Waals surface area contributed by atoms with E-state index in [0.29, 0.717) is 6.61 Å². The smallest absolute Gasteiger partial charge is 0.196 e. The van der Waals surface area contributed by atoms with E-state index in [9.17, 15) is 0 Å². The third-order valence-corrected chi connectivity index (χ3v) is 4.83. The SMILES string of the molecule is CCCOc1ccc(C2Nc3ccccc3-c3ccc(OCCC)cc3O2)cc1. The van der Waals surface area contributed by atoms with Crippen molar-refractivity contribution in [2.75, 3.05) is 18.5 Å². The van der Waals surface area contributed by atoms with Crippen molar-refractivity contribution in [1.82, 2.24) is 0 Å². The molecule has 3 aromatic carbocycles. The summed E-state index contributed by atoms with van der Waals surface area (Å²) in [6.07, 6.45) is 1.65. The largest absolute Gasteiger partial charge is 0.494 e. The Morgan fingerprint density at radius 3 is 2.24 bits per heavy atom. The maximum atomic E-state index is 6.44. The summed E-state index contributed by atoms with van der Waals surface area (Å²) in [6, 6.07) is 22.4. The molecular weight excluding hydrogens is 362 g/mol. The number of fused-ring (bicyclic) bond motifs is 3. The van der Waals surface area contributed by atoms with Gasteiger partial charge in [0.2, 0.25) is 0 Å². The molecule has 0 saturated carbocycles. The van der Waals surface area contributed by atoms with E-state index in [0.717, 1.165) is 59.1 Å². The molecule has 1 aliphatic rings. The minimum atomic E-state index is -0.306. The molecule has 1 unspecified atom stereocenters. The zero-order chi connectivity index (χ0) is 20.1. The molecule has 29 heavy (non-hydrogen) atoms. The highest BCUT2D eigenvalue weighted by Gasteiger charge is 2.23. The predicted octanol–water partition coefficient (Wildman–Crippen LogP) is 6.43. The molecule has 0 aromatic heterocycles. The average molecular weight is 389 g/mol. The van der Waals surface area contributed by atoms with Crippen LogP contribution in [0.3, 0.4) is 0 Å². The minimum Gasteiger partial charge on any atom is -0.494 e. The molecule has 0 aliphatic carbocycles. The lowest BCUT2D eigenvalue weighted by Gasteiger charge is -2.20. The first-order valence-corrected chi connectivity index (χ1v) is 10.3. The topological polar surface area (TPSA) is 39.7 Å². The summed E-state index contributed by atoms with van der Waals surface area (Å²) in [6.45, 7) is 5.62. The Kier molecular flexibility index (Phi) is 5.89. The molecule has 3 aromatic rings. The second-order valence-corrected chi connectivity index (χ2v) is 7.11. The van der Waals surface area contributed by atoms with Crippen molar-refractivity contribution in [3.05, 3.63) is 72.3 Å². The first kappa shape index (κ1) is 19.2. The van der Waals surface area contributed by atoms with Gasteiger partial charge in [-0.2, -0.15) is 0 Å². The number of rotatable bonds is 7. The van der Waals surface area contributed by atoms with Crippen LogP contribution in [0.2, 0.25) is 0 Å². The molecular formula is C25H27NO3. The van der Waals surface area contributed by atoms with E-state index in [4.69, 9.17) is 14.2 Å². The number of benzene rings is 3. The fraction of sp³-hybridized carbons (Fsp3) is 0.280. The van der Waals surface area contributed by atoms with Gasteiger partial charge >= 0.3 is 0 Å². The van der Waals surface area contributed by atoms with Crippen LogP contribution in [0.5, 0.6) is 17.2 Å². The van der Waals surface area contributed by atoms with Gasteiger partial charge in [-0.15, -0.1) is 0 Å². The molecule has 4 nitrogen and oxygen atoms in total. The van der Waals surface area contributed by atoms with Gasteiger partial charge in [-0.25, -0.2) is 0 Å². The summed E-state index contributed by atoms with van der Waals surface area (Å²) in [4.78, 5) is 0. The van der Waals surface area contributed by atoms with Crippen LogP contribution in [0.4, 0.5) is 5.69 Å². The first-order valence-electron chi connectivity index (χ1n) is 10.3. The molecule has 1 N–H and O–H groups in total. The summed E-state index contributed by atoms with van der Waals surface area (Å²) >= 11 is 0. The maximum Gasteiger partial charge on any atom is 0.196 e. The third kappa shape index (κ3) is 4.32. The van der Waals surface area contributed by atoms with Gasteiger partial charge in [0.15, 0.2) is 6.23 Å². The second-order valence-electron chi connectivity index (χ2n) is 7.11. The minimum absolute atomic E-state index is 0.306. The molecule has 0 fully saturated rings. The Balaban J connectivity index is 1.68. The number of anilines is 1. The van der Waals surface area contributed by atoms with Crippen LogP contribution in [0.15, 0.2) is 66.7 Å². The number of nitrogens with one attached hydrogen (secondary N) is 1. The van der Waals surface area contributed by atoms with Crippen molar-refractivity contribution in [2.45, 2.75) is 32.9 Å². The lowest BCUT2D eigenvalue weighted by atomic mass is 10.0. The molecule has 1 aliphatic heterocycles. The molecule has 0 amide bonds. The molecule has 4 heteroatoms. The van der Waals surface area contributed by atoms with Crippen molar-refractivity contribution in [1.29, 1.82) is 0 Å². The van der Waals surface area contributed by atoms with Crippen molar-refractivity contribution >= 4 is 5.69 Å². The second kappa shape index (κ2) is 8.91. The molecule has 0 spiro atoms. The van der Waals surface area contributed by atoms with Gasteiger partial charge in [-0.05, 0) is 55.3 Å². The Labute approximate surface area is 172 Å². The van der Waals surface area contributed by atoms with E-state index in [1.165, 1.54) is 0 Å². The highest BCUT2D eigenvalue weighted by molar-refractivity contribution is 5.83. The third-order valence-electron chi connectivity index (χ3n) is 4.83. The Hall–Kier alpha value is -3.14. The summed E-state index contributed by atoms with van der Waals surface area (Å²) in [7, 11) is 0. The molecule has 1 heterocycles. The van der Waals surface area contributed by atoms with E-state index in [1.54, 1.807) is 0 Å². The highest BCUT2D eigenvalue weighted by Crippen LogP contribution is 2.43. The highest BCUT2D eigenvalue weighted by atomic mass is 16.5. The standard InChI is InChI=1S/C25H27NO3/c1-3-15-27-19-11-9-18(10-12-19)25-26-23-8-6-5-7-21(23)22-14-13-20(28-16-4-2)17-24(22)29-25/h5-14,17,25-26H,3-4,15-16H2,1-2H3. The normalized spacial score (nSPS) is 14.6. The van der Waals surface area contributed by atoms with Crippen LogP contribution in [0.25, 0.3) is 11.1 Å². The maximum absolute atomic E-state index is 6.44. The zero-order valence-electron chi connectivity index (χ0n) is 17.0. The monoisotopic (exact) mass is 389 g/mol. The van der Waals surface area contributed by atoms with Crippen LogP contribution in [0.1, 0.15) is 38.5 Å². The van der Waals surface area contributed by atoms with Crippen molar-refractivity contribution in [3.8, 4) is 28.4 Å². The Morgan fingerprint density at radius 1 is 0.793 bits per heavy atom. The van der Waals surface area contributed by atoms with Gasteiger partial charge in [-0.1, -0.05) is 32.0 Å². The number of para-hydroxylation sites is 1. The van der Waals surface area contributed by atoms with E-state index in [2.05, 4.69) is 37.4 Å². The zero-order valence-corrected chi connectivity index (χ0v) is 17.0. The van der Waals surface area contributed by atoms with Gasteiger partial charge in [0.1, 0.15) is 17.2 Å². The first-order chi connectivity index (χ1) is 14.3. The van der Waals surface area contributed by atoms with Crippen LogP contribution in [-0.4, -0.2) is 13.2 Å². The van der Waals surface area contributed by atoms with Crippen molar-refractivity contribution in [2.24, 2.45) is 0 Å². The number of hydrogen-bond donors (Lipinski definition) is 1. The predicted molar refractivity (Wildman–Crippen MR) is 117 cm³/mol. The lowest BCUT2D eigenvalue weighted by Crippen LogP contribution is -2.16. The summed E-state index contributed by atoms with van der Waals surface area (Å²) in [5.41, 5.74) is 4.26. The van der Waals surface area contributed by atoms with E-state index < -0.39 is 0 Å². The quantitative estimate of drug-likeness (QED) is 0.505. The fourth-order valence-corrected chi connectivity index (χ4v) is 3.38.